The molecular weight excluding hydrogens is 1010 g/mol. The second-order valence-corrected chi connectivity index (χ2v) is 19.4. The lowest BCUT2D eigenvalue weighted by Crippen LogP contribution is -2.44. The molecule has 12 nitrogen and oxygen atoms in total. The first-order valence-electron chi connectivity index (χ1n) is 25.1. The average molecular weight is 1060 g/mol. The maximum Gasteiger partial charge on any atom is 0.416 e. The highest BCUT2D eigenvalue weighted by Crippen LogP contribution is 2.36. The highest BCUT2D eigenvalue weighted by Gasteiger charge is 2.36. The van der Waals surface area contributed by atoms with Crippen molar-refractivity contribution in [1.82, 2.24) is 34.6 Å². The second kappa shape index (κ2) is 22.6. The van der Waals surface area contributed by atoms with Crippen LogP contribution in [0.4, 0.5) is 37.7 Å². The van der Waals surface area contributed by atoms with Crippen LogP contribution in [0.5, 0.6) is 0 Å². The number of likely N-dealkylation sites (N-methyl/N-ethyl adjacent to an activating group) is 2. The summed E-state index contributed by atoms with van der Waals surface area (Å²) >= 11 is 0. The minimum absolute atomic E-state index is 0.0451. The van der Waals surface area contributed by atoms with Crippen molar-refractivity contribution in [2.45, 2.75) is 25.4 Å². The van der Waals surface area contributed by atoms with Crippen LogP contribution in [0.1, 0.15) is 65.4 Å². The molecule has 2 aliphatic heterocycles. The van der Waals surface area contributed by atoms with Crippen LogP contribution >= 0.6 is 0 Å². The number of amides is 2. The van der Waals surface area contributed by atoms with Gasteiger partial charge in [-0.25, -0.2) is 4.98 Å². The Morgan fingerprint density at radius 3 is 1.55 bits per heavy atom. The largest absolute Gasteiger partial charge is 0.416 e. The summed E-state index contributed by atoms with van der Waals surface area (Å²) in [5.74, 6) is 11.0. The SMILES string of the molecule is CN1CCN(Cc2ccc(NC(=O)c3cnc(C#Cc4cncc5ccccc45)c(-[n+]4cc(C#Cc5cncc6ccccc56)cc(C(=O)Nc5ccc(CN6CCN(C)CC6)c(C(F)(F)F)c5)c4)c3)cc2C(F)(F)F)CC1. The van der Waals surface area contributed by atoms with E-state index in [1.54, 1.807) is 31.0 Å². The zero-order valence-electron chi connectivity index (χ0n) is 42.5. The van der Waals surface area contributed by atoms with Gasteiger partial charge in [-0.3, -0.25) is 29.4 Å². The monoisotopic (exact) mass is 1060 g/mol. The summed E-state index contributed by atoms with van der Waals surface area (Å²) in [7, 11) is 3.93. The van der Waals surface area contributed by atoms with Gasteiger partial charge in [0.2, 0.25) is 5.69 Å². The molecule has 4 aromatic heterocycles. The number of nitrogens with zero attached hydrogens (tertiary/aromatic N) is 8. The number of hydrogen-bond donors (Lipinski definition) is 2. The Bertz CT molecular complexity index is 3700. The van der Waals surface area contributed by atoms with Gasteiger partial charge in [-0.05, 0) is 61.5 Å². The maximum atomic E-state index is 14.7. The number of rotatable bonds is 9. The van der Waals surface area contributed by atoms with Gasteiger partial charge in [-0.1, -0.05) is 78.4 Å². The Labute approximate surface area is 446 Å². The lowest BCUT2D eigenvalue weighted by Gasteiger charge is -2.33. The van der Waals surface area contributed by atoms with Gasteiger partial charge in [0.05, 0.1) is 33.4 Å². The average Bonchev–Trinajstić information content (AvgIpc) is 3.52. The molecule has 78 heavy (non-hydrogen) atoms. The van der Waals surface area contributed by atoms with E-state index in [0.29, 0.717) is 37.3 Å². The normalized spacial score (nSPS) is 14.8. The van der Waals surface area contributed by atoms with Gasteiger partial charge in [-0.15, -0.1) is 0 Å². The fourth-order valence-electron chi connectivity index (χ4n) is 9.49. The van der Waals surface area contributed by atoms with E-state index in [0.717, 1.165) is 59.9 Å². The Morgan fingerprint density at radius 2 is 1.04 bits per heavy atom. The molecule has 2 fully saturated rings. The van der Waals surface area contributed by atoms with Gasteiger partial charge in [0.25, 0.3) is 11.8 Å². The highest BCUT2D eigenvalue weighted by molar-refractivity contribution is 6.05. The Morgan fingerprint density at radius 1 is 0.551 bits per heavy atom. The number of fused-ring (bicyclic) bond motifs is 2. The molecule has 2 amide bonds. The summed E-state index contributed by atoms with van der Waals surface area (Å²) in [5.41, 5.74) is -0.272. The molecule has 4 aromatic carbocycles. The van der Waals surface area contributed by atoms with Gasteiger partial charge in [0.15, 0.2) is 18.1 Å². The molecule has 0 aliphatic carbocycles. The first kappa shape index (κ1) is 52.9. The molecule has 0 saturated carbocycles. The van der Waals surface area contributed by atoms with E-state index in [2.05, 4.69) is 59.1 Å². The maximum absolute atomic E-state index is 14.7. The molecule has 0 atom stereocenters. The quantitative estimate of drug-likeness (QED) is 0.0830. The van der Waals surface area contributed by atoms with Crippen molar-refractivity contribution < 1.29 is 40.5 Å². The number of piperazine rings is 2. The Kier molecular flexibility index (Phi) is 15.3. The van der Waals surface area contributed by atoms with Crippen LogP contribution in [0, 0.1) is 23.7 Å². The van der Waals surface area contributed by atoms with Gasteiger partial charge >= 0.3 is 12.4 Å². The lowest BCUT2D eigenvalue weighted by molar-refractivity contribution is -0.596. The Hall–Kier alpha value is -8.52. The zero-order chi connectivity index (χ0) is 54.6. The summed E-state index contributed by atoms with van der Waals surface area (Å²) in [4.78, 5) is 50.1. The third-order valence-corrected chi connectivity index (χ3v) is 13.9. The van der Waals surface area contributed by atoms with Crippen LogP contribution in [-0.2, 0) is 25.4 Å². The molecule has 0 radical (unpaired) electrons. The molecule has 10 rings (SSSR count). The summed E-state index contributed by atoms with van der Waals surface area (Å²) < 4.78 is 89.6. The van der Waals surface area contributed by atoms with Crippen molar-refractivity contribution in [3.8, 4) is 29.4 Å². The number of anilines is 2. The number of carbonyl (C=O) groups excluding carboxylic acids is 2. The number of alkyl halides is 6. The van der Waals surface area contributed by atoms with Crippen molar-refractivity contribution in [1.29, 1.82) is 0 Å². The molecule has 0 unspecified atom stereocenters. The third-order valence-electron chi connectivity index (χ3n) is 13.9. The van der Waals surface area contributed by atoms with E-state index < -0.39 is 35.3 Å². The van der Waals surface area contributed by atoms with Crippen LogP contribution in [0.3, 0.4) is 0 Å². The molecule has 18 heteroatoms. The molecule has 2 saturated heterocycles. The van der Waals surface area contributed by atoms with Crippen molar-refractivity contribution in [2.75, 3.05) is 77.1 Å². The van der Waals surface area contributed by atoms with E-state index in [4.69, 9.17) is 0 Å². The summed E-state index contributed by atoms with van der Waals surface area (Å²) in [6.45, 7) is 5.48. The van der Waals surface area contributed by atoms with Crippen LogP contribution in [0.15, 0.2) is 140 Å². The van der Waals surface area contributed by atoms with Crippen LogP contribution in [-0.4, -0.2) is 113 Å². The smallest absolute Gasteiger partial charge is 0.322 e. The number of hydrogen-bond acceptors (Lipinski definition) is 9. The van der Waals surface area contributed by atoms with E-state index in [9.17, 15) is 35.9 Å². The van der Waals surface area contributed by atoms with Crippen molar-refractivity contribution in [3.05, 3.63) is 196 Å². The van der Waals surface area contributed by atoms with E-state index in [1.807, 2.05) is 72.4 Å². The zero-order valence-corrected chi connectivity index (χ0v) is 42.5. The topological polar surface area (TPSA) is 114 Å². The Balaban J connectivity index is 1.05. The molecule has 8 aromatic rings. The first-order chi connectivity index (χ1) is 37.5. The number of benzene rings is 4. The van der Waals surface area contributed by atoms with Crippen LogP contribution in [0.25, 0.3) is 27.2 Å². The second-order valence-electron chi connectivity index (χ2n) is 19.4. The fraction of sp³-hybridized carbons (Fsp3) is 0.233. The van der Waals surface area contributed by atoms with E-state index in [1.165, 1.54) is 53.4 Å². The van der Waals surface area contributed by atoms with Gasteiger partial charge in [-0.2, -0.15) is 30.9 Å². The van der Waals surface area contributed by atoms with Crippen LogP contribution < -0.4 is 15.2 Å². The molecular formula is C60H51F6N10O2+. The van der Waals surface area contributed by atoms with Crippen molar-refractivity contribution in [3.63, 3.8) is 0 Å². The third kappa shape index (κ3) is 12.5. The standard InChI is InChI=1S/C60H50F6N10O2/c1-72-19-23-74(24-20-72)37-45-13-16-49(29-53(45)59(61,62)63)70-57(77)47-28-56(55(69-35-47)18-15-44-34-68-32-42-8-4-6-10-52(42)44)76-36-40(11-12-43-33-67-31-41-7-3-5-9-51(41)43)27-48(39-76)58(78)71-50-17-14-46(54(30-50)60(64,65)66)38-75-25-21-73(2)22-26-75/h3-10,13-14,16-17,27-36,39H,19-26,37-38H2,1-2H3,(H-,70,71,77,78)/p+1. The molecule has 2 aliphatic rings. The van der Waals surface area contributed by atoms with Gasteiger partial charge < -0.3 is 20.4 Å². The molecule has 0 spiro atoms. The lowest BCUT2D eigenvalue weighted by atomic mass is 10.0. The number of pyridine rings is 4. The van der Waals surface area contributed by atoms with E-state index in [-0.39, 0.29) is 63.7 Å². The number of carbonyl (C=O) groups is 2. The van der Waals surface area contributed by atoms with E-state index >= 15 is 0 Å². The summed E-state index contributed by atoms with van der Waals surface area (Å²) in [6.07, 6.45) is 1.39. The predicted molar refractivity (Wildman–Crippen MR) is 286 cm³/mol. The van der Waals surface area contributed by atoms with Crippen molar-refractivity contribution in [2.24, 2.45) is 0 Å². The molecule has 6 heterocycles. The minimum Gasteiger partial charge on any atom is -0.322 e. The number of nitrogens with one attached hydrogen (secondary N) is 2. The van der Waals surface area contributed by atoms with Gasteiger partial charge in [0.1, 0.15) is 5.56 Å². The molecule has 2 N–H and O–H groups in total. The number of halogens is 6. The highest BCUT2D eigenvalue weighted by atomic mass is 19.4. The van der Waals surface area contributed by atoms with Gasteiger partial charge in [0, 0.05) is 135 Å². The summed E-state index contributed by atoms with van der Waals surface area (Å²) in [5, 5.41) is 8.56. The first-order valence-corrected chi connectivity index (χ1v) is 25.1. The number of aromatic nitrogens is 4. The van der Waals surface area contributed by atoms with Crippen molar-refractivity contribution >= 4 is 44.7 Å². The molecule has 0 bridgehead atoms. The minimum atomic E-state index is -4.73. The molecule has 394 valence electrons. The fourth-order valence-corrected chi connectivity index (χ4v) is 9.49. The van der Waals surface area contributed by atoms with Crippen LogP contribution in [0.2, 0.25) is 0 Å². The summed E-state index contributed by atoms with van der Waals surface area (Å²) in [6, 6.07) is 25.4. The predicted octanol–water partition coefficient (Wildman–Crippen LogP) is 9.29.